The zero-order valence-corrected chi connectivity index (χ0v) is 14.3. The van der Waals surface area contributed by atoms with Gasteiger partial charge < -0.3 is 10.4 Å². The average molecular weight is 349 g/mol. The van der Waals surface area contributed by atoms with E-state index in [9.17, 15) is 18.7 Å². The molecule has 0 saturated heterocycles. The second-order valence-electron chi connectivity index (χ2n) is 6.37. The highest BCUT2D eigenvalue weighted by Gasteiger charge is 2.28. The van der Waals surface area contributed by atoms with Gasteiger partial charge in [0.1, 0.15) is 11.6 Å². The molecule has 2 N–H and O–H groups in total. The Hall–Kier alpha value is -2.28. The monoisotopic (exact) mass is 349 g/mol. The highest BCUT2D eigenvalue weighted by Crippen LogP contribution is 2.26. The summed E-state index contributed by atoms with van der Waals surface area (Å²) in [4.78, 5) is 11.4. The predicted octanol–water partition coefficient (Wildman–Crippen LogP) is 2.83. The van der Waals surface area contributed by atoms with E-state index in [-0.39, 0.29) is 23.8 Å². The molecule has 5 nitrogen and oxygen atoms in total. The van der Waals surface area contributed by atoms with E-state index in [1.165, 1.54) is 12.1 Å². The van der Waals surface area contributed by atoms with E-state index in [1.54, 1.807) is 11.6 Å². The van der Waals surface area contributed by atoms with Gasteiger partial charge in [0, 0.05) is 36.0 Å². The van der Waals surface area contributed by atoms with Crippen LogP contribution in [0.25, 0.3) is 0 Å². The van der Waals surface area contributed by atoms with Crippen molar-refractivity contribution in [2.24, 2.45) is 0 Å². The van der Waals surface area contributed by atoms with Crippen LogP contribution in [0.1, 0.15) is 46.2 Å². The third kappa shape index (κ3) is 3.28. The molecule has 2 aromatic rings. The summed E-state index contributed by atoms with van der Waals surface area (Å²) in [5, 5.41) is 16.7. The molecule has 7 heteroatoms. The Bertz CT molecular complexity index is 817. The van der Waals surface area contributed by atoms with Crippen LogP contribution in [0.3, 0.4) is 0 Å². The van der Waals surface area contributed by atoms with Gasteiger partial charge >= 0.3 is 5.97 Å². The fourth-order valence-corrected chi connectivity index (χ4v) is 3.42. The molecule has 0 aliphatic heterocycles. The molecular formula is C18H21F2N3O2. The van der Waals surface area contributed by atoms with Gasteiger partial charge in [0.05, 0.1) is 0 Å². The van der Waals surface area contributed by atoms with Gasteiger partial charge in [-0.05, 0) is 44.7 Å². The Morgan fingerprint density at radius 2 is 2.20 bits per heavy atom. The third-order valence-electron chi connectivity index (χ3n) is 4.80. The van der Waals surface area contributed by atoms with Gasteiger partial charge in [-0.15, -0.1) is 0 Å². The number of hydrogen-bond acceptors (Lipinski definition) is 3. The number of benzene rings is 1. The standard InChI is InChI=1S/C18H21F2N3O2/c1-3-23-15-7-5-11(8-12(15)17(22-23)18(24)25)21-9-13-14(19)6-4-10(2)16(13)20/h4,6,11,21H,3,5,7-9H2,1-2H3,(H,24,25)/t11-/m1/s1. The average Bonchev–Trinajstić information content (AvgIpc) is 2.96. The van der Waals surface area contributed by atoms with Crippen molar-refractivity contribution in [3.63, 3.8) is 0 Å². The number of hydrogen-bond donors (Lipinski definition) is 2. The lowest BCUT2D eigenvalue weighted by molar-refractivity contribution is 0.0688. The quantitative estimate of drug-likeness (QED) is 0.871. The van der Waals surface area contributed by atoms with Crippen LogP contribution >= 0.6 is 0 Å². The van der Waals surface area contributed by atoms with Crippen LogP contribution in [0.15, 0.2) is 12.1 Å². The molecule has 0 unspecified atom stereocenters. The number of nitrogens with one attached hydrogen (secondary N) is 1. The topological polar surface area (TPSA) is 67.2 Å². The summed E-state index contributed by atoms with van der Waals surface area (Å²) in [7, 11) is 0. The third-order valence-corrected chi connectivity index (χ3v) is 4.80. The Morgan fingerprint density at radius 3 is 2.88 bits per heavy atom. The zero-order valence-electron chi connectivity index (χ0n) is 14.3. The van der Waals surface area contributed by atoms with Crippen LogP contribution in [0, 0.1) is 18.6 Å². The van der Waals surface area contributed by atoms with Crippen LogP contribution < -0.4 is 5.32 Å². The summed E-state index contributed by atoms with van der Waals surface area (Å²) >= 11 is 0. The first-order chi connectivity index (χ1) is 11.9. The molecule has 25 heavy (non-hydrogen) atoms. The van der Waals surface area contributed by atoms with Crippen LogP contribution in [0.4, 0.5) is 8.78 Å². The van der Waals surface area contributed by atoms with Crippen LogP contribution in [0.2, 0.25) is 0 Å². The maximum atomic E-state index is 14.1. The van der Waals surface area contributed by atoms with Gasteiger partial charge in [-0.25, -0.2) is 13.6 Å². The second kappa shape index (κ2) is 6.92. The summed E-state index contributed by atoms with van der Waals surface area (Å²) in [5.41, 5.74) is 2.18. The highest BCUT2D eigenvalue weighted by atomic mass is 19.1. The number of aromatic carboxylic acids is 1. The van der Waals surface area contributed by atoms with Crippen molar-refractivity contribution in [2.45, 2.75) is 52.2 Å². The molecule has 134 valence electrons. The molecule has 0 fully saturated rings. The molecule has 0 saturated carbocycles. The summed E-state index contributed by atoms with van der Waals surface area (Å²) in [6.07, 6.45) is 1.96. The minimum absolute atomic E-state index is 0.0218. The normalized spacial score (nSPS) is 16.7. The molecule has 1 aliphatic carbocycles. The first-order valence-corrected chi connectivity index (χ1v) is 8.41. The van der Waals surface area contributed by atoms with E-state index in [0.717, 1.165) is 17.7 Å². The minimum Gasteiger partial charge on any atom is -0.476 e. The van der Waals surface area contributed by atoms with Gasteiger partial charge in [-0.2, -0.15) is 5.10 Å². The van der Waals surface area contributed by atoms with Gasteiger partial charge in [0.15, 0.2) is 5.69 Å². The second-order valence-corrected chi connectivity index (χ2v) is 6.37. The molecule has 1 aromatic heterocycles. The lowest BCUT2D eigenvalue weighted by atomic mass is 9.91. The SMILES string of the molecule is CCn1nc(C(=O)O)c2c1CC[C@@H](NCc1c(F)ccc(C)c1F)C2. The maximum Gasteiger partial charge on any atom is 0.356 e. The number of carboxylic acids is 1. The molecule has 0 amide bonds. The summed E-state index contributed by atoms with van der Waals surface area (Å²) < 4.78 is 29.7. The lowest BCUT2D eigenvalue weighted by Gasteiger charge is -2.24. The van der Waals surface area contributed by atoms with E-state index in [4.69, 9.17) is 0 Å². The van der Waals surface area contributed by atoms with Crippen LogP contribution in [-0.2, 0) is 25.9 Å². The van der Waals surface area contributed by atoms with E-state index in [0.29, 0.717) is 24.9 Å². The van der Waals surface area contributed by atoms with Gasteiger partial charge in [-0.3, -0.25) is 4.68 Å². The number of carbonyl (C=O) groups is 1. The molecule has 0 spiro atoms. The van der Waals surface area contributed by atoms with Crippen LogP contribution in [-0.4, -0.2) is 26.9 Å². The first-order valence-electron chi connectivity index (χ1n) is 8.41. The Kier molecular flexibility index (Phi) is 4.85. The van der Waals surface area contributed by atoms with Crippen molar-refractivity contribution in [3.8, 4) is 0 Å². The number of rotatable bonds is 5. The number of halogens is 2. The highest BCUT2D eigenvalue weighted by molar-refractivity contribution is 5.87. The van der Waals surface area contributed by atoms with E-state index in [1.807, 2.05) is 6.92 Å². The van der Waals surface area contributed by atoms with Crippen molar-refractivity contribution in [3.05, 3.63) is 51.8 Å². The smallest absolute Gasteiger partial charge is 0.356 e. The van der Waals surface area contributed by atoms with Crippen molar-refractivity contribution >= 4 is 5.97 Å². The van der Waals surface area contributed by atoms with Crippen molar-refractivity contribution in [2.75, 3.05) is 0 Å². The molecular weight excluding hydrogens is 328 g/mol. The molecule has 1 aromatic carbocycles. The maximum absolute atomic E-state index is 14.1. The van der Waals surface area contributed by atoms with Gasteiger partial charge in [0.25, 0.3) is 0 Å². The van der Waals surface area contributed by atoms with Crippen molar-refractivity contribution in [1.29, 1.82) is 0 Å². The molecule has 0 radical (unpaired) electrons. The van der Waals surface area contributed by atoms with E-state index >= 15 is 0 Å². The van der Waals surface area contributed by atoms with E-state index in [2.05, 4.69) is 10.4 Å². The van der Waals surface area contributed by atoms with Crippen molar-refractivity contribution < 1.29 is 18.7 Å². The molecule has 1 aliphatic rings. The molecule has 1 heterocycles. The van der Waals surface area contributed by atoms with Gasteiger partial charge in [0.2, 0.25) is 0 Å². The Balaban J connectivity index is 1.77. The Labute approximate surface area is 144 Å². The van der Waals surface area contributed by atoms with Crippen molar-refractivity contribution in [1.82, 2.24) is 15.1 Å². The number of fused-ring (bicyclic) bond motifs is 1. The number of aromatic nitrogens is 2. The molecule has 3 rings (SSSR count). The zero-order chi connectivity index (χ0) is 18.1. The Morgan fingerprint density at radius 1 is 1.44 bits per heavy atom. The minimum atomic E-state index is -1.04. The molecule has 1 atom stereocenters. The summed E-state index contributed by atoms with van der Waals surface area (Å²) in [5.74, 6) is -2.15. The van der Waals surface area contributed by atoms with E-state index < -0.39 is 17.6 Å². The lowest BCUT2D eigenvalue weighted by Crippen LogP contribution is -2.35. The largest absolute Gasteiger partial charge is 0.476 e. The summed E-state index contributed by atoms with van der Waals surface area (Å²) in [6, 6.07) is 2.64. The number of carboxylic acid groups (broad SMARTS) is 1. The van der Waals surface area contributed by atoms with Gasteiger partial charge in [-0.1, -0.05) is 6.07 Å². The number of aryl methyl sites for hydroxylation is 2. The molecule has 0 bridgehead atoms. The first kappa shape index (κ1) is 17.5. The summed E-state index contributed by atoms with van der Waals surface area (Å²) in [6.45, 7) is 4.22. The fourth-order valence-electron chi connectivity index (χ4n) is 3.42. The van der Waals surface area contributed by atoms with Crippen LogP contribution in [0.5, 0.6) is 0 Å². The number of nitrogens with zero attached hydrogens (tertiary/aromatic N) is 2. The predicted molar refractivity (Wildman–Crippen MR) is 88.6 cm³/mol. The fraction of sp³-hybridized carbons (Fsp3) is 0.444.